The number of benzene rings is 2. The van der Waals surface area contributed by atoms with Crippen molar-refractivity contribution in [1.82, 2.24) is 31.4 Å². The van der Waals surface area contributed by atoms with Crippen molar-refractivity contribution in [3.05, 3.63) is 89.9 Å². The second-order valence-corrected chi connectivity index (χ2v) is 13.8. The highest BCUT2D eigenvalue weighted by atomic mass is 16.5. The quantitative estimate of drug-likeness (QED) is 0.0158. The van der Waals surface area contributed by atoms with E-state index in [4.69, 9.17) is 14.1 Å². The Hall–Kier alpha value is -6.97. The lowest BCUT2D eigenvalue weighted by Gasteiger charge is -2.19. The van der Waals surface area contributed by atoms with E-state index in [-0.39, 0.29) is 68.3 Å². The maximum absolute atomic E-state index is 12.4. The van der Waals surface area contributed by atoms with Crippen LogP contribution in [-0.2, 0) is 19.2 Å². The van der Waals surface area contributed by atoms with Gasteiger partial charge in [-0.1, -0.05) is 76.6 Å². The highest BCUT2D eigenvalue weighted by Gasteiger charge is 2.22. The summed E-state index contributed by atoms with van der Waals surface area (Å²) in [7, 11) is 0. The second kappa shape index (κ2) is 26.2. The van der Waals surface area contributed by atoms with Crippen LogP contribution in [0.4, 0.5) is 0 Å². The molecule has 4 aromatic rings. The van der Waals surface area contributed by atoms with Crippen molar-refractivity contribution in [1.29, 1.82) is 5.26 Å². The SMILES string of the molecule is CCCCC[C@H](CN(O)C=O)C(=O)NCNC(=O)c1ccc(-c2cccc(C#N)c2)o1.CCCCC[C@H](CN(O)C=O)C(=O)NCNC(=O)c1ccc(-c2ccccc2O)o1. The van der Waals surface area contributed by atoms with Crippen LogP contribution in [0.1, 0.15) is 91.9 Å². The molecule has 4 rings (SSSR count). The van der Waals surface area contributed by atoms with Gasteiger partial charge in [0, 0.05) is 5.56 Å². The fraction of sp³-hybridized carbons (Fsp3) is 0.372. The third-order valence-electron chi connectivity index (χ3n) is 9.24. The molecule has 0 saturated heterocycles. The number of para-hydroxylation sites is 1. The summed E-state index contributed by atoms with van der Waals surface area (Å²) in [6.07, 6.45) is 6.94. The van der Waals surface area contributed by atoms with E-state index in [1.54, 1.807) is 54.6 Å². The van der Waals surface area contributed by atoms with Gasteiger partial charge in [-0.3, -0.25) is 39.2 Å². The number of amides is 6. The topological polar surface area (TPSA) is 268 Å². The number of phenolic OH excluding ortho intramolecular Hbond substituents is 1. The van der Waals surface area contributed by atoms with Crippen LogP contribution in [0.5, 0.6) is 5.75 Å². The van der Waals surface area contributed by atoms with Crippen molar-refractivity contribution in [3.63, 3.8) is 0 Å². The number of unbranched alkanes of at least 4 members (excludes halogenated alkanes) is 4. The molecule has 7 N–H and O–H groups in total. The van der Waals surface area contributed by atoms with Gasteiger partial charge >= 0.3 is 0 Å². The fourth-order valence-electron chi connectivity index (χ4n) is 5.96. The maximum atomic E-state index is 12.4. The zero-order valence-electron chi connectivity index (χ0n) is 34.2. The van der Waals surface area contributed by atoms with E-state index < -0.39 is 23.7 Å². The first kappa shape index (κ1) is 48.4. The summed E-state index contributed by atoms with van der Waals surface area (Å²) in [5.74, 6) is -2.03. The molecule has 0 radical (unpaired) electrons. The summed E-state index contributed by atoms with van der Waals surface area (Å²) in [5, 5.41) is 48.8. The molecular formula is C43H53N7O11. The third-order valence-corrected chi connectivity index (χ3v) is 9.24. The molecule has 18 heteroatoms. The van der Waals surface area contributed by atoms with Crippen LogP contribution in [0, 0.1) is 23.2 Å². The van der Waals surface area contributed by atoms with Crippen molar-refractivity contribution < 1.29 is 53.1 Å². The Morgan fingerprint density at radius 1 is 0.689 bits per heavy atom. The summed E-state index contributed by atoms with van der Waals surface area (Å²) in [5.41, 5.74) is 1.61. The monoisotopic (exact) mass is 843 g/mol. The van der Waals surface area contributed by atoms with Crippen molar-refractivity contribution in [2.24, 2.45) is 11.8 Å². The van der Waals surface area contributed by atoms with Crippen LogP contribution in [0.25, 0.3) is 22.6 Å². The van der Waals surface area contributed by atoms with Crippen molar-refractivity contribution in [3.8, 4) is 34.5 Å². The Balaban J connectivity index is 0.000000325. The van der Waals surface area contributed by atoms with Gasteiger partial charge in [-0.2, -0.15) is 5.26 Å². The lowest BCUT2D eigenvalue weighted by atomic mass is 10.0. The summed E-state index contributed by atoms with van der Waals surface area (Å²) >= 11 is 0. The zero-order valence-corrected chi connectivity index (χ0v) is 34.2. The fourth-order valence-corrected chi connectivity index (χ4v) is 5.96. The number of hydroxylamine groups is 4. The molecule has 326 valence electrons. The van der Waals surface area contributed by atoms with E-state index >= 15 is 0 Å². The molecule has 61 heavy (non-hydrogen) atoms. The molecule has 0 spiro atoms. The first-order chi connectivity index (χ1) is 29.4. The standard InChI is InChI=1S/C22H26N4O5.C21H27N3O6/c1-2-3-4-7-18(13-26(30)15-27)21(28)24-14-25-22(29)20-10-9-19(31-20)17-8-5-6-16(11-17)12-23;1-2-3-4-7-15(12-24(29)14-25)20(27)22-13-23-21(28)19-11-10-18(30-19)16-8-5-6-9-17(16)26/h5-6,8-11,15,18,30H,2-4,7,13-14H2,1H3,(H,24,28)(H,25,29);5-6,8-11,14-15,26,29H,2-4,7,12-13H2,1H3,(H,22,27)(H,23,28)/t18-;15-/m11/s1. The van der Waals surface area contributed by atoms with E-state index in [9.17, 15) is 44.3 Å². The molecule has 0 unspecified atom stereocenters. The number of nitrogens with zero attached hydrogens (tertiary/aromatic N) is 3. The van der Waals surface area contributed by atoms with E-state index in [2.05, 4.69) is 21.3 Å². The van der Waals surface area contributed by atoms with Gasteiger partial charge in [0.1, 0.15) is 17.3 Å². The Bertz CT molecular complexity index is 2080. The van der Waals surface area contributed by atoms with Crippen LogP contribution in [0.15, 0.2) is 81.6 Å². The number of hydrogen-bond donors (Lipinski definition) is 7. The molecule has 6 amide bonds. The Labute approximate surface area is 353 Å². The minimum absolute atomic E-state index is 0.0319. The molecular weight excluding hydrogens is 791 g/mol. The van der Waals surface area contributed by atoms with E-state index in [0.29, 0.717) is 51.2 Å². The van der Waals surface area contributed by atoms with Crippen molar-refractivity contribution in [2.75, 3.05) is 26.4 Å². The molecule has 2 aromatic heterocycles. The van der Waals surface area contributed by atoms with Crippen molar-refractivity contribution in [2.45, 2.75) is 65.2 Å². The largest absolute Gasteiger partial charge is 0.507 e. The average Bonchev–Trinajstić information content (AvgIpc) is 3.98. The number of hydrogen-bond acceptors (Lipinski definition) is 12. The van der Waals surface area contributed by atoms with Crippen molar-refractivity contribution >= 4 is 36.4 Å². The number of carbonyl (C=O) groups is 6. The zero-order chi connectivity index (χ0) is 44.6. The molecule has 18 nitrogen and oxygen atoms in total. The molecule has 2 aromatic carbocycles. The lowest BCUT2D eigenvalue weighted by molar-refractivity contribution is -0.155. The predicted octanol–water partition coefficient (Wildman–Crippen LogP) is 5.17. The molecule has 2 atom stereocenters. The number of phenols is 1. The average molecular weight is 844 g/mol. The Morgan fingerprint density at radius 3 is 1.69 bits per heavy atom. The number of carbonyl (C=O) groups excluding carboxylic acids is 6. The minimum atomic E-state index is -0.583. The number of rotatable bonds is 24. The van der Waals surface area contributed by atoms with Gasteiger partial charge in [-0.25, -0.2) is 10.1 Å². The van der Waals surface area contributed by atoms with Crippen LogP contribution in [0.3, 0.4) is 0 Å². The molecule has 0 fully saturated rings. The normalized spacial score (nSPS) is 11.4. The Morgan fingerprint density at radius 2 is 1.20 bits per heavy atom. The lowest BCUT2D eigenvalue weighted by Crippen LogP contribution is -2.42. The predicted molar refractivity (Wildman–Crippen MR) is 220 cm³/mol. The molecule has 0 bridgehead atoms. The smallest absolute Gasteiger partial charge is 0.288 e. The number of nitrogens with one attached hydrogen (secondary N) is 4. The number of furan rings is 2. The molecule has 0 aliphatic carbocycles. The minimum Gasteiger partial charge on any atom is -0.507 e. The molecule has 2 heterocycles. The van der Waals surface area contributed by atoms with Crippen LogP contribution >= 0.6 is 0 Å². The first-order valence-corrected chi connectivity index (χ1v) is 19.9. The summed E-state index contributed by atoms with van der Waals surface area (Å²) < 4.78 is 11.0. The molecule has 0 aliphatic rings. The molecule has 0 saturated carbocycles. The van der Waals surface area contributed by atoms with Crippen LogP contribution in [-0.4, -0.2) is 88.5 Å². The first-order valence-electron chi connectivity index (χ1n) is 19.9. The number of aromatic hydroxyl groups is 1. The number of nitriles is 1. The maximum Gasteiger partial charge on any atom is 0.288 e. The van der Waals surface area contributed by atoms with Gasteiger partial charge in [0.2, 0.25) is 24.6 Å². The van der Waals surface area contributed by atoms with Gasteiger partial charge in [0.05, 0.1) is 55.5 Å². The summed E-state index contributed by atoms with van der Waals surface area (Å²) in [6.45, 7) is 3.57. The van der Waals surface area contributed by atoms with E-state index in [1.807, 2.05) is 19.9 Å². The highest BCUT2D eigenvalue weighted by Crippen LogP contribution is 2.30. The molecule has 0 aliphatic heterocycles. The van der Waals surface area contributed by atoms with Gasteiger partial charge in [0.25, 0.3) is 11.8 Å². The second-order valence-electron chi connectivity index (χ2n) is 13.8. The van der Waals surface area contributed by atoms with Gasteiger partial charge < -0.3 is 35.2 Å². The van der Waals surface area contributed by atoms with Gasteiger partial charge in [0.15, 0.2) is 11.5 Å². The van der Waals surface area contributed by atoms with E-state index in [0.717, 1.165) is 38.5 Å². The van der Waals surface area contributed by atoms with E-state index in [1.165, 1.54) is 18.2 Å². The van der Waals surface area contributed by atoms with Gasteiger partial charge in [-0.15, -0.1) is 0 Å². The Kier molecular flexibility index (Phi) is 20.8. The summed E-state index contributed by atoms with van der Waals surface area (Å²) in [6, 6.07) is 21.6. The van der Waals surface area contributed by atoms with Gasteiger partial charge in [-0.05, 0) is 61.4 Å². The van der Waals surface area contributed by atoms with Crippen LogP contribution < -0.4 is 21.3 Å². The third kappa shape index (κ3) is 16.3. The van der Waals surface area contributed by atoms with Crippen LogP contribution in [0.2, 0.25) is 0 Å². The highest BCUT2D eigenvalue weighted by molar-refractivity contribution is 5.93. The summed E-state index contributed by atoms with van der Waals surface area (Å²) in [4.78, 5) is 70.6.